The zero-order valence-corrected chi connectivity index (χ0v) is 75.4. The average Bonchev–Trinajstić information content (AvgIpc) is 1.72. The van der Waals surface area contributed by atoms with Crippen LogP contribution in [0.2, 0.25) is 15.1 Å². The Morgan fingerprint density at radius 1 is 0.381 bits per heavy atom. The molecule has 3 aliphatic heterocycles. The largest absolute Gasteiger partial charge is 0.444 e. The number of carbonyl (C=O) groups is 3. The van der Waals surface area contributed by atoms with E-state index in [0.717, 1.165) is 80.6 Å². The molecule has 0 spiro atoms. The monoisotopic (exact) mass is 1860 g/mol. The molecule has 24 nitrogen and oxygen atoms in total. The second kappa shape index (κ2) is 35.1. The Morgan fingerprint density at radius 2 is 0.619 bits per heavy atom. The molecule has 30 heteroatoms. The number of fused-ring (bicyclic) bond motifs is 6. The SMILES string of the molecule is C.Cn1cncc1C(C)(O)C1=Cc2cc(Br)cnc2[C@H](N2CCN(C(=O)OC(C)(C)C)CC2)c2ccc(Cl)cc21.Cn1cncc1C(C)(O)C1=Cc2cc(Br)cnc2[C@H](N2CCN(C(=O)OC(C)(C)C)CC2)c2ccc(Cl)cc21.Cn1cncc1C(C)(O)C1=Cc2cc(Br)cnc2[C@H](N2CCN(C(=O)OC(C)(C)C)CC2)c2ccc(Cl)cc21. The minimum Gasteiger partial charge on any atom is -0.444 e. The van der Waals surface area contributed by atoms with Crippen LogP contribution in [-0.2, 0) is 52.2 Å². The molecule has 6 aromatic heterocycles. The molecule has 3 aromatic carbocycles. The fourth-order valence-electron chi connectivity index (χ4n) is 16.2. The maximum absolute atomic E-state index is 12.7. The summed E-state index contributed by atoms with van der Waals surface area (Å²) in [6.45, 7) is 29.3. The summed E-state index contributed by atoms with van der Waals surface area (Å²) in [6.07, 6.45) is 20.6. The van der Waals surface area contributed by atoms with Gasteiger partial charge in [-0.2, -0.15) is 0 Å². The summed E-state index contributed by atoms with van der Waals surface area (Å²) in [5.41, 5.74) is 9.22. The Balaban J connectivity index is 0.000000162. The van der Waals surface area contributed by atoms with Gasteiger partial charge in [0.15, 0.2) is 0 Å². The fraction of sp³-hybridized carbons (Fsp3) is 0.420. The summed E-state index contributed by atoms with van der Waals surface area (Å²) in [7, 11) is 5.60. The summed E-state index contributed by atoms with van der Waals surface area (Å²) in [4.78, 5) is 77.9. The molecule has 0 bridgehead atoms. The molecule has 3 aliphatic carbocycles. The first-order valence-corrected chi connectivity index (χ1v) is 42.3. The van der Waals surface area contributed by atoms with E-state index in [0.29, 0.717) is 127 Å². The number of aryl methyl sites for hydroxylation is 3. The van der Waals surface area contributed by atoms with Crippen LogP contribution in [-0.4, -0.2) is 202 Å². The van der Waals surface area contributed by atoms with Gasteiger partial charge in [-0.15, -0.1) is 0 Å². The quantitative estimate of drug-likeness (QED) is 0.114. The molecule has 3 saturated heterocycles. The van der Waals surface area contributed by atoms with Gasteiger partial charge in [0.25, 0.3) is 0 Å². The van der Waals surface area contributed by atoms with E-state index in [-0.39, 0.29) is 43.8 Å². The number of hydrogen-bond donors (Lipinski definition) is 3. The highest BCUT2D eigenvalue weighted by molar-refractivity contribution is 9.11. The van der Waals surface area contributed by atoms with Crippen LogP contribution in [0.5, 0.6) is 0 Å². The molecule has 626 valence electrons. The van der Waals surface area contributed by atoms with Crippen LogP contribution in [0, 0.1) is 0 Å². The summed E-state index contributed by atoms with van der Waals surface area (Å²) in [6, 6.07) is 22.9. The van der Waals surface area contributed by atoms with Crippen LogP contribution in [0.1, 0.15) is 193 Å². The Hall–Kier alpha value is -8.16. The van der Waals surface area contributed by atoms with Crippen molar-refractivity contribution >= 4 is 136 Å². The lowest BCUT2D eigenvalue weighted by atomic mass is 9.84. The minimum absolute atomic E-state index is 0. The Labute approximate surface area is 730 Å². The number of amides is 3. The van der Waals surface area contributed by atoms with Crippen LogP contribution in [0.25, 0.3) is 34.9 Å². The van der Waals surface area contributed by atoms with Crippen molar-refractivity contribution in [3.8, 4) is 0 Å². The smallest absolute Gasteiger partial charge is 0.410 e. The number of rotatable bonds is 9. The van der Waals surface area contributed by atoms with Gasteiger partial charge < -0.3 is 57.9 Å². The van der Waals surface area contributed by atoms with Gasteiger partial charge in [0, 0.05) is 147 Å². The van der Waals surface area contributed by atoms with E-state index < -0.39 is 33.6 Å². The van der Waals surface area contributed by atoms with Gasteiger partial charge in [0.1, 0.15) is 33.6 Å². The van der Waals surface area contributed by atoms with E-state index in [1.165, 1.54) is 0 Å². The summed E-state index contributed by atoms with van der Waals surface area (Å²) < 4.78 is 24.8. The van der Waals surface area contributed by atoms with Gasteiger partial charge in [-0.3, -0.25) is 29.7 Å². The van der Waals surface area contributed by atoms with Crippen molar-refractivity contribution in [2.75, 3.05) is 78.5 Å². The standard InChI is InChI=1S/3C29H33BrClN5O3.CH4/c3*1-28(2,3)39-27(37)36-10-8-35(9-11-36)26-21-7-6-20(31)14-22(21)23(13-18-12-19(30)15-33-25(18)26)29(4,38)24-16-32-17-34(24)5;/h3*6-7,12-17,26,38H,8-11H2,1-5H3;1H4/t3*26-,29?;/m111./s1. The predicted molar refractivity (Wildman–Crippen MR) is 473 cm³/mol. The Kier molecular flexibility index (Phi) is 26.5. The van der Waals surface area contributed by atoms with Crippen molar-refractivity contribution < 1.29 is 43.9 Å². The normalized spacial score (nSPS) is 19.3. The lowest BCUT2D eigenvalue weighted by Crippen LogP contribution is -2.51. The van der Waals surface area contributed by atoms with Gasteiger partial charge in [0.05, 0.1) is 89.9 Å². The van der Waals surface area contributed by atoms with E-state index in [4.69, 9.17) is 64.0 Å². The molecule has 0 saturated carbocycles. The van der Waals surface area contributed by atoms with Crippen LogP contribution in [0.4, 0.5) is 14.4 Å². The maximum Gasteiger partial charge on any atom is 0.410 e. The summed E-state index contributed by atoms with van der Waals surface area (Å²) >= 11 is 30.4. The van der Waals surface area contributed by atoms with E-state index in [9.17, 15) is 29.7 Å². The van der Waals surface area contributed by atoms with Crippen molar-refractivity contribution in [3.63, 3.8) is 0 Å². The van der Waals surface area contributed by atoms with Gasteiger partial charge in [-0.1, -0.05) is 60.4 Å². The molecule has 9 heterocycles. The van der Waals surface area contributed by atoms with Crippen LogP contribution in [0.3, 0.4) is 0 Å². The number of piperazine rings is 3. The Morgan fingerprint density at radius 3 is 0.831 bits per heavy atom. The number of imidazole rings is 3. The number of nitrogens with zero attached hydrogens (tertiary/aromatic N) is 15. The Bertz CT molecular complexity index is 4830. The first-order valence-electron chi connectivity index (χ1n) is 38.8. The van der Waals surface area contributed by atoms with Crippen molar-refractivity contribution in [1.82, 2.24) is 73.0 Å². The van der Waals surface area contributed by atoms with Crippen molar-refractivity contribution in [1.29, 1.82) is 0 Å². The molecule has 118 heavy (non-hydrogen) atoms. The van der Waals surface area contributed by atoms with E-state index in [1.807, 2.05) is 188 Å². The molecule has 3 unspecified atom stereocenters. The van der Waals surface area contributed by atoms with E-state index in [2.05, 4.69) is 77.4 Å². The highest BCUT2D eigenvalue weighted by atomic mass is 79.9. The first-order chi connectivity index (χ1) is 55.0. The number of pyridine rings is 3. The molecular formula is C88H103Br3Cl3N15O9. The highest BCUT2D eigenvalue weighted by Gasteiger charge is 2.45. The van der Waals surface area contributed by atoms with Crippen molar-refractivity contribution in [2.24, 2.45) is 21.1 Å². The molecular weight excluding hydrogens is 1760 g/mol. The first kappa shape index (κ1) is 89.1. The summed E-state index contributed by atoms with van der Waals surface area (Å²) in [5, 5.41) is 37.9. The maximum atomic E-state index is 12.7. The molecule has 3 fully saturated rings. The molecule has 9 aromatic rings. The number of ether oxygens (including phenoxy) is 3. The summed E-state index contributed by atoms with van der Waals surface area (Å²) in [5.74, 6) is 0. The van der Waals surface area contributed by atoms with Crippen LogP contribution < -0.4 is 0 Å². The number of aliphatic hydroxyl groups is 3. The molecule has 3 N–H and O–H groups in total. The lowest BCUT2D eigenvalue weighted by Gasteiger charge is -2.40. The average molecular weight is 1860 g/mol. The molecule has 0 radical (unpaired) electrons. The zero-order chi connectivity index (χ0) is 84.3. The van der Waals surface area contributed by atoms with Crippen molar-refractivity contribution in [3.05, 3.63) is 242 Å². The molecule has 3 amide bonds. The van der Waals surface area contributed by atoms with Gasteiger partial charge in [-0.05, 0) is 270 Å². The third-order valence-corrected chi connectivity index (χ3v) is 23.7. The van der Waals surface area contributed by atoms with Crippen molar-refractivity contribution in [2.45, 2.75) is 142 Å². The number of carbonyl (C=O) groups excluding carboxylic acids is 3. The van der Waals surface area contributed by atoms with Gasteiger partial charge in [-0.25, -0.2) is 29.3 Å². The van der Waals surface area contributed by atoms with Gasteiger partial charge in [0.2, 0.25) is 0 Å². The zero-order valence-electron chi connectivity index (χ0n) is 68.3. The topological polar surface area (TPSA) is 251 Å². The van der Waals surface area contributed by atoms with Gasteiger partial charge >= 0.3 is 18.3 Å². The second-order valence-electron chi connectivity index (χ2n) is 33.9. The minimum atomic E-state index is -1.37. The van der Waals surface area contributed by atoms with E-state index >= 15 is 0 Å². The molecule has 6 atom stereocenters. The third-order valence-electron chi connectivity index (χ3n) is 21.7. The van der Waals surface area contributed by atoms with E-state index in [1.54, 1.807) is 91.6 Å². The third kappa shape index (κ3) is 19.3. The highest BCUT2D eigenvalue weighted by Crippen LogP contribution is 2.51. The number of benzene rings is 3. The second-order valence-corrected chi connectivity index (χ2v) is 37.9. The number of halogens is 6. The number of hydrogen-bond acceptors (Lipinski definition) is 18. The lowest BCUT2D eigenvalue weighted by molar-refractivity contribution is 0.0108. The van der Waals surface area contributed by atoms with Crippen LogP contribution >= 0.6 is 82.6 Å². The number of aromatic nitrogens is 9. The fourth-order valence-corrected chi connectivity index (χ4v) is 17.8. The molecule has 6 aliphatic rings. The molecule has 15 rings (SSSR count). The van der Waals surface area contributed by atoms with Crippen LogP contribution in [0.15, 0.2) is 142 Å². The predicted octanol–water partition coefficient (Wildman–Crippen LogP) is 17.5.